The average molecular weight is 383 g/mol. The van der Waals surface area contributed by atoms with Gasteiger partial charge >= 0.3 is 5.97 Å². The number of alkyl halides is 1. The molecule has 0 aliphatic rings. The molecule has 0 aliphatic heterocycles. The summed E-state index contributed by atoms with van der Waals surface area (Å²) < 4.78 is 33.4. The van der Waals surface area contributed by atoms with Gasteiger partial charge in [-0.05, 0) is 50.1 Å². The van der Waals surface area contributed by atoms with Crippen LogP contribution in [-0.2, 0) is 10.1 Å². The van der Waals surface area contributed by atoms with Crippen molar-refractivity contribution in [3.63, 3.8) is 0 Å². The first-order valence-corrected chi connectivity index (χ1v) is 8.21. The van der Waals surface area contributed by atoms with E-state index in [2.05, 4.69) is 15.9 Å². The minimum atomic E-state index is -0.657. The summed E-state index contributed by atoms with van der Waals surface area (Å²) >= 11 is 3.06. The molecule has 0 saturated heterocycles. The Morgan fingerprint density at radius 2 is 1.70 bits per heavy atom. The van der Waals surface area contributed by atoms with Gasteiger partial charge in [0.2, 0.25) is 0 Å². The smallest absolute Gasteiger partial charge is 0.339 e. The van der Waals surface area contributed by atoms with Gasteiger partial charge in [0.15, 0.2) is 0 Å². The highest BCUT2D eigenvalue weighted by molar-refractivity contribution is 9.08. The van der Waals surface area contributed by atoms with Crippen LogP contribution in [0.4, 0.5) is 8.78 Å². The SMILES string of the molecule is CC(C)(C)OC(=O)c1ccccc1-c1cc(F)c(CBr)c(F)c1. The first kappa shape index (κ1) is 17.6. The normalized spacial score (nSPS) is 11.4. The molecule has 0 heterocycles. The lowest BCUT2D eigenvalue weighted by Gasteiger charge is -2.20. The van der Waals surface area contributed by atoms with Crippen LogP contribution < -0.4 is 0 Å². The van der Waals surface area contributed by atoms with Gasteiger partial charge in [-0.1, -0.05) is 34.1 Å². The molecule has 2 aromatic rings. The number of carbonyl (C=O) groups is 1. The van der Waals surface area contributed by atoms with Crippen molar-refractivity contribution in [3.05, 3.63) is 59.2 Å². The lowest BCUT2D eigenvalue weighted by atomic mass is 9.98. The van der Waals surface area contributed by atoms with Crippen molar-refractivity contribution >= 4 is 21.9 Å². The van der Waals surface area contributed by atoms with E-state index in [0.717, 1.165) is 0 Å². The predicted molar refractivity (Wildman–Crippen MR) is 89.6 cm³/mol. The van der Waals surface area contributed by atoms with E-state index in [0.29, 0.717) is 11.1 Å². The van der Waals surface area contributed by atoms with E-state index in [9.17, 15) is 13.6 Å². The maximum Gasteiger partial charge on any atom is 0.339 e. The van der Waals surface area contributed by atoms with Crippen molar-refractivity contribution < 1.29 is 18.3 Å². The summed E-state index contributed by atoms with van der Waals surface area (Å²) in [6.07, 6.45) is 0. The van der Waals surface area contributed by atoms with E-state index >= 15 is 0 Å². The number of benzene rings is 2. The van der Waals surface area contributed by atoms with Gasteiger partial charge in [0.1, 0.15) is 17.2 Å². The highest BCUT2D eigenvalue weighted by Gasteiger charge is 2.21. The van der Waals surface area contributed by atoms with E-state index in [-0.39, 0.29) is 16.5 Å². The molecule has 0 spiro atoms. The van der Waals surface area contributed by atoms with Gasteiger partial charge in [-0.2, -0.15) is 0 Å². The van der Waals surface area contributed by atoms with Crippen molar-refractivity contribution in [2.75, 3.05) is 0 Å². The molecule has 122 valence electrons. The topological polar surface area (TPSA) is 26.3 Å². The lowest BCUT2D eigenvalue weighted by Crippen LogP contribution is -2.24. The van der Waals surface area contributed by atoms with Crippen LogP contribution in [0.25, 0.3) is 11.1 Å². The first-order chi connectivity index (χ1) is 10.7. The Hall–Kier alpha value is -1.75. The zero-order valence-corrected chi connectivity index (χ0v) is 14.7. The van der Waals surface area contributed by atoms with Crippen LogP contribution in [0.5, 0.6) is 0 Å². The molecule has 0 amide bonds. The maximum atomic E-state index is 14.0. The van der Waals surface area contributed by atoms with Crippen LogP contribution >= 0.6 is 15.9 Å². The summed E-state index contributed by atoms with van der Waals surface area (Å²) in [4.78, 5) is 12.3. The third-order valence-electron chi connectivity index (χ3n) is 3.13. The van der Waals surface area contributed by atoms with Gasteiger partial charge in [0.05, 0.1) is 5.56 Å². The number of hydrogen-bond donors (Lipinski definition) is 0. The minimum absolute atomic E-state index is 0.0384. The van der Waals surface area contributed by atoms with Gasteiger partial charge in [0.25, 0.3) is 0 Å². The summed E-state index contributed by atoms with van der Waals surface area (Å²) in [5, 5.41) is 0.0820. The number of esters is 1. The van der Waals surface area contributed by atoms with Crippen molar-refractivity contribution in [1.29, 1.82) is 0 Å². The molecular formula is C18H17BrF2O2. The fourth-order valence-electron chi connectivity index (χ4n) is 2.13. The van der Waals surface area contributed by atoms with Crippen molar-refractivity contribution in [3.8, 4) is 11.1 Å². The summed E-state index contributed by atoms with van der Waals surface area (Å²) in [5.74, 6) is -1.84. The standard InChI is InChI=1S/C18H17BrF2O2/c1-18(2,3)23-17(22)13-7-5-4-6-12(13)11-8-15(20)14(10-19)16(21)9-11/h4-9H,10H2,1-3H3. The van der Waals surface area contributed by atoms with E-state index in [1.165, 1.54) is 12.1 Å². The second-order valence-corrected chi connectivity index (χ2v) is 6.66. The molecule has 23 heavy (non-hydrogen) atoms. The van der Waals surface area contributed by atoms with Crippen LogP contribution in [0.3, 0.4) is 0 Å². The predicted octanol–water partition coefficient (Wildman–Crippen LogP) is 5.48. The van der Waals surface area contributed by atoms with Crippen LogP contribution in [-0.4, -0.2) is 11.6 Å². The molecule has 0 unspecified atom stereocenters. The minimum Gasteiger partial charge on any atom is -0.456 e. The summed E-state index contributed by atoms with van der Waals surface area (Å²) in [7, 11) is 0. The maximum absolute atomic E-state index is 14.0. The van der Waals surface area contributed by atoms with Gasteiger partial charge in [-0.3, -0.25) is 0 Å². The molecular weight excluding hydrogens is 366 g/mol. The second kappa shape index (κ2) is 6.79. The lowest BCUT2D eigenvalue weighted by molar-refractivity contribution is 0.00704. The molecule has 0 radical (unpaired) electrons. The molecule has 2 nitrogen and oxygen atoms in total. The molecule has 5 heteroatoms. The van der Waals surface area contributed by atoms with Crippen LogP contribution in [0.1, 0.15) is 36.7 Å². The quantitative estimate of drug-likeness (QED) is 0.518. The second-order valence-electron chi connectivity index (χ2n) is 6.10. The van der Waals surface area contributed by atoms with E-state index < -0.39 is 23.2 Å². The van der Waals surface area contributed by atoms with Gasteiger partial charge < -0.3 is 4.74 Å². The zero-order valence-electron chi connectivity index (χ0n) is 13.1. The molecule has 0 atom stereocenters. The van der Waals surface area contributed by atoms with E-state index in [1.807, 2.05) is 0 Å². The molecule has 0 aliphatic carbocycles. The van der Waals surface area contributed by atoms with Crippen LogP contribution in [0.15, 0.2) is 36.4 Å². The average Bonchev–Trinajstić information content (AvgIpc) is 2.45. The molecule has 0 N–H and O–H groups in total. The van der Waals surface area contributed by atoms with E-state index in [4.69, 9.17) is 4.74 Å². The number of halogens is 3. The monoisotopic (exact) mass is 382 g/mol. The molecule has 2 aromatic carbocycles. The fraction of sp³-hybridized carbons (Fsp3) is 0.278. The van der Waals surface area contributed by atoms with Gasteiger partial charge in [0, 0.05) is 10.9 Å². The Bertz CT molecular complexity index is 713. The molecule has 2 rings (SSSR count). The Balaban J connectivity index is 2.51. The van der Waals surface area contributed by atoms with Gasteiger partial charge in [-0.25, -0.2) is 13.6 Å². The number of hydrogen-bond acceptors (Lipinski definition) is 2. The van der Waals surface area contributed by atoms with E-state index in [1.54, 1.807) is 45.0 Å². The zero-order chi connectivity index (χ0) is 17.2. The third kappa shape index (κ3) is 4.16. The number of ether oxygens (including phenoxy) is 1. The summed E-state index contributed by atoms with van der Waals surface area (Å²) in [6.45, 7) is 5.28. The van der Waals surface area contributed by atoms with Crippen molar-refractivity contribution in [2.24, 2.45) is 0 Å². The number of rotatable bonds is 3. The first-order valence-electron chi connectivity index (χ1n) is 7.09. The summed E-state index contributed by atoms with van der Waals surface area (Å²) in [5.41, 5.74) is 0.309. The van der Waals surface area contributed by atoms with Crippen LogP contribution in [0, 0.1) is 11.6 Å². The van der Waals surface area contributed by atoms with Crippen molar-refractivity contribution in [1.82, 2.24) is 0 Å². The summed E-state index contributed by atoms with van der Waals surface area (Å²) in [6, 6.07) is 9.06. The highest BCUT2D eigenvalue weighted by atomic mass is 79.9. The third-order valence-corrected chi connectivity index (χ3v) is 3.69. The largest absolute Gasteiger partial charge is 0.456 e. The Morgan fingerprint density at radius 1 is 1.13 bits per heavy atom. The number of carbonyl (C=O) groups excluding carboxylic acids is 1. The molecule has 0 bridgehead atoms. The fourth-order valence-corrected chi connectivity index (χ4v) is 2.67. The Labute approximate surface area is 142 Å². The van der Waals surface area contributed by atoms with Gasteiger partial charge in [-0.15, -0.1) is 0 Å². The molecule has 0 saturated carbocycles. The molecule has 0 fully saturated rings. The Morgan fingerprint density at radius 3 is 2.22 bits per heavy atom. The molecule has 0 aromatic heterocycles. The van der Waals surface area contributed by atoms with Crippen LogP contribution in [0.2, 0.25) is 0 Å². The Kier molecular flexibility index (Phi) is 5.19. The van der Waals surface area contributed by atoms with Crippen molar-refractivity contribution in [2.45, 2.75) is 31.7 Å². The highest BCUT2D eigenvalue weighted by Crippen LogP contribution is 2.29.